The van der Waals surface area contributed by atoms with Crippen LogP contribution in [0.1, 0.15) is 16.5 Å². The number of hydrogen-bond donors (Lipinski definition) is 1. The molecule has 0 radical (unpaired) electrons. The van der Waals surface area contributed by atoms with Crippen molar-refractivity contribution in [2.24, 2.45) is 5.73 Å². The molecule has 0 unspecified atom stereocenters. The maximum Gasteiger partial charge on any atom is 0.244 e. The fourth-order valence-corrected chi connectivity index (χ4v) is 2.51. The van der Waals surface area contributed by atoms with Crippen LogP contribution in [0.5, 0.6) is 0 Å². The van der Waals surface area contributed by atoms with Gasteiger partial charge >= 0.3 is 0 Å². The molecule has 2 aromatic rings. The molecule has 3 nitrogen and oxygen atoms in total. The first-order valence-electron chi connectivity index (χ1n) is 5.76. The van der Waals surface area contributed by atoms with E-state index in [9.17, 15) is 4.79 Å². The Bertz CT molecular complexity index is 496. The smallest absolute Gasteiger partial charge is 0.244 e. The lowest BCUT2D eigenvalue weighted by Gasteiger charge is -2.20. The molecule has 0 saturated heterocycles. The molecule has 94 valence electrons. The molecular formula is C14H16N2OS. The topological polar surface area (TPSA) is 46.3 Å². The van der Waals surface area contributed by atoms with Crippen LogP contribution >= 0.6 is 11.3 Å². The fourth-order valence-electron chi connectivity index (χ4n) is 1.75. The first kappa shape index (κ1) is 12.8. The molecule has 0 fully saturated rings. The lowest BCUT2D eigenvalue weighted by atomic mass is 10.1. The van der Waals surface area contributed by atoms with Crippen molar-refractivity contribution in [2.75, 3.05) is 7.05 Å². The highest BCUT2D eigenvalue weighted by molar-refractivity contribution is 7.09. The highest BCUT2D eigenvalue weighted by Gasteiger charge is 2.19. The summed E-state index contributed by atoms with van der Waals surface area (Å²) >= 11 is 1.64. The second-order valence-electron chi connectivity index (χ2n) is 4.16. The monoisotopic (exact) mass is 260 g/mol. The summed E-state index contributed by atoms with van der Waals surface area (Å²) in [7, 11) is 1.78. The van der Waals surface area contributed by atoms with Crippen molar-refractivity contribution >= 4 is 17.2 Å². The number of nitrogens with zero attached hydrogens (tertiary/aromatic N) is 1. The first-order valence-corrected chi connectivity index (χ1v) is 6.64. The zero-order valence-corrected chi connectivity index (χ0v) is 11.1. The number of benzene rings is 1. The van der Waals surface area contributed by atoms with E-state index in [2.05, 4.69) is 0 Å². The van der Waals surface area contributed by atoms with Crippen LogP contribution in [-0.2, 0) is 11.3 Å². The highest BCUT2D eigenvalue weighted by Crippen LogP contribution is 2.16. The Hall–Kier alpha value is -1.65. The quantitative estimate of drug-likeness (QED) is 0.917. The van der Waals surface area contributed by atoms with Gasteiger partial charge < -0.3 is 10.6 Å². The first-order chi connectivity index (χ1) is 8.68. The van der Waals surface area contributed by atoms with E-state index in [1.165, 1.54) is 0 Å². The molecular weight excluding hydrogens is 244 g/mol. The van der Waals surface area contributed by atoms with Crippen LogP contribution in [0.4, 0.5) is 0 Å². The minimum Gasteiger partial charge on any atom is -0.339 e. The number of likely N-dealkylation sites (N-methyl/N-ethyl adjacent to an activating group) is 1. The molecule has 0 aliphatic carbocycles. The summed E-state index contributed by atoms with van der Waals surface area (Å²) < 4.78 is 0. The van der Waals surface area contributed by atoms with Crippen LogP contribution < -0.4 is 5.73 Å². The number of carbonyl (C=O) groups excluding carboxylic acids is 1. The summed E-state index contributed by atoms with van der Waals surface area (Å²) in [4.78, 5) is 15.0. The fraction of sp³-hybridized carbons (Fsp3) is 0.214. The third-order valence-electron chi connectivity index (χ3n) is 2.77. The van der Waals surface area contributed by atoms with E-state index in [0.29, 0.717) is 6.54 Å². The summed E-state index contributed by atoms with van der Waals surface area (Å²) in [5.74, 6) is -0.0606. The van der Waals surface area contributed by atoms with Gasteiger partial charge in [-0.25, -0.2) is 0 Å². The molecule has 1 amide bonds. The summed E-state index contributed by atoms with van der Waals surface area (Å²) in [6.45, 7) is 0.608. The average Bonchev–Trinajstić information content (AvgIpc) is 2.91. The van der Waals surface area contributed by atoms with E-state index in [1.54, 1.807) is 23.3 Å². The number of rotatable bonds is 4. The van der Waals surface area contributed by atoms with E-state index in [1.807, 2.05) is 47.8 Å². The Morgan fingerprint density at radius 3 is 2.61 bits per heavy atom. The largest absolute Gasteiger partial charge is 0.339 e. The van der Waals surface area contributed by atoms with Crippen LogP contribution in [0.3, 0.4) is 0 Å². The van der Waals surface area contributed by atoms with Gasteiger partial charge in [0.2, 0.25) is 5.91 Å². The second-order valence-corrected chi connectivity index (χ2v) is 5.19. The molecule has 18 heavy (non-hydrogen) atoms. The summed E-state index contributed by atoms with van der Waals surface area (Å²) in [6.07, 6.45) is 0. The zero-order chi connectivity index (χ0) is 13.0. The Balaban J connectivity index is 2.02. The molecule has 2 rings (SSSR count). The minimum absolute atomic E-state index is 0.0606. The zero-order valence-electron chi connectivity index (χ0n) is 10.2. The summed E-state index contributed by atoms with van der Waals surface area (Å²) in [5.41, 5.74) is 6.83. The minimum atomic E-state index is -0.587. The molecule has 0 spiro atoms. The number of amides is 1. The molecule has 0 bridgehead atoms. The Morgan fingerprint density at radius 1 is 1.28 bits per heavy atom. The van der Waals surface area contributed by atoms with Gasteiger partial charge in [0.25, 0.3) is 0 Å². The van der Waals surface area contributed by atoms with Gasteiger partial charge in [-0.05, 0) is 17.0 Å². The van der Waals surface area contributed by atoms with Crippen LogP contribution in [-0.4, -0.2) is 17.9 Å². The van der Waals surface area contributed by atoms with Crippen molar-refractivity contribution in [1.29, 1.82) is 0 Å². The van der Waals surface area contributed by atoms with Crippen molar-refractivity contribution in [1.82, 2.24) is 4.90 Å². The van der Waals surface area contributed by atoms with E-state index >= 15 is 0 Å². The number of nitrogens with two attached hydrogens (primary N) is 1. The van der Waals surface area contributed by atoms with Crippen LogP contribution in [0.25, 0.3) is 0 Å². The molecule has 0 aliphatic rings. The van der Waals surface area contributed by atoms with E-state index in [-0.39, 0.29) is 5.91 Å². The molecule has 2 N–H and O–H groups in total. The van der Waals surface area contributed by atoms with E-state index in [4.69, 9.17) is 5.73 Å². The number of carbonyl (C=O) groups is 1. The summed E-state index contributed by atoms with van der Waals surface area (Å²) in [6, 6.07) is 12.9. The highest BCUT2D eigenvalue weighted by atomic mass is 32.1. The van der Waals surface area contributed by atoms with Crippen molar-refractivity contribution in [3.05, 3.63) is 58.3 Å². The molecule has 4 heteroatoms. The van der Waals surface area contributed by atoms with Gasteiger partial charge in [0.15, 0.2) is 0 Å². The molecule has 1 heterocycles. The Morgan fingerprint density at radius 2 is 2.00 bits per heavy atom. The predicted octanol–water partition coefficient (Wildman–Crippen LogP) is 2.41. The Kier molecular flexibility index (Phi) is 4.12. The third-order valence-corrected chi connectivity index (χ3v) is 3.64. The molecule has 0 aliphatic heterocycles. The standard InChI is InChI=1S/C14H16N2OS/c1-16(10-12-8-5-9-18-12)14(17)13(15)11-6-3-2-4-7-11/h2-9,13H,10,15H2,1H3/t13-/m0/s1. The van der Waals surface area contributed by atoms with Crippen molar-refractivity contribution in [2.45, 2.75) is 12.6 Å². The van der Waals surface area contributed by atoms with Gasteiger partial charge in [-0.2, -0.15) is 0 Å². The van der Waals surface area contributed by atoms with Gasteiger partial charge in [-0.1, -0.05) is 36.4 Å². The van der Waals surface area contributed by atoms with Crippen molar-refractivity contribution in [3.63, 3.8) is 0 Å². The molecule has 1 atom stereocenters. The van der Waals surface area contributed by atoms with Gasteiger partial charge in [0, 0.05) is 11.9 Å². The van der Waals surface area contributed by atoms with Gasteiger partial charge in [-0.3, -0.25) is 4.79 Å². The predicted molar refractivity (Wildman–Crippen MR) is 74.2 cm³/mol. The third kappa shape index (κ3) is 2.97. The van der Waals surface area contributed by atoms with Gasteiger partial charge in [0.1, 0.15) is 6.04 Å². The maximum atomic E-state index is 12.2. The lowest BCUT2D eigenvalue weighted by Crippen LogP contribution is -2.35. The van der Waals surface area contributed by atoms with Crippen molar-refractivity contribution in [3.8, 4) is 0 Å². The van der Waals surface area contributed by atoms with Crippen molar-refractivity contribution < 1.29 is 4.79 Å². The van der Waals surface area contributed by atoms with E-state index in [0.717, 1.165) is 10.4 Å². The molecule has 1 aromatic heterocycles. The lowest BCUT2D eigenvalue weighted by molar-refractivity contribution is -0.131. The second kappa shape index (κ2) is 5.80. The normalized spacial score (nSPS) is 12.1. The van der Waals surface area contributed by atoms with Crippen LogP contribution in [0, 0.1) is 0 Å². The van der Waals surface area contributed by atoms with Gasteiger partial charge in [0.05, 0.1) is 6.54 Å². The number of hydrogen-bond acceptors (Lipinski definition) is 3. The maximum absolute atomic E-state index is 12.2. The van der Waals surface area contributed by atoms with Crippen LogP contribution in [0.2, 0.25) is 0 Å². The summed E-state index contributed by atoms with van der Waals surface area (Å²) in [5, 5.41) is 2.00. The molecule has 1 aromatic carbocycles. The van der Waals surface area contributed by atoms with Gasteiger partial charge in [-0.15, -0.1) is 11.3 Å². The molecule has 0 saturated carbocycles. The van der Waals surface area contributed by atoms with E-state index < -0.39 is 6.04 Å². The SMILES string of the molecule is CN(Cc1cccs1)C(=O)[C@@H](N)c1ccccc1. The Labute approximate surface area is 111 Å². The van der Waals surface area contributed by atoms with Crippen LogP contribution in [0.15, 0.2) is 47.8 Å². The average molecular weight is 260 g/mol. The number of thiophene rings is 1.